The Balaban J connectivity index is 1.30. The van der Waals surface area contributed by atoms with E-state index in [0.29, 0.717) is 36.0 Å². The number of ether oxygens (including phenoxy) is 4. The summed E-state index contributed by atoms with van der Waals surface area (Å²) in [5.74, 6) is 0.706. The molecule has 0 N–H and O–H groups in total. The van der Waals surface area contributed by atoms with Crippen LogP contribution in [0.2, 0.25) is 0 Å². The van der Waals surface area contributed by atoms with Crippen molar-refractivity contribution in [1.29, 1.82) is 0 Å². The average Bonchev–Trinajstić information content (AvgIpc) is 3.06. The van der Waals surface area contributed by atoms with Gasteiger partial charge in [-0.25, -0.2) is 4.79 Å². The summed E-state index contributed by atoms with van der Waals surface area (Å²) < 4.78 is 23.7. The van der Waals surface area contributed by atoms with E-state index in [9.17, 15) is 9.59 Å². The van der Waals surface area contributed by atoms with Gasteiger partial charge in [0.05, 0.1) is 0 Å². The number of carbonyl (C=O) groups excluding carboxylic acids is 2. The van der Waals surface area contributed by atoms with Gasteiger partial charge in [0.2, 0.25) is 0 Å². The fraction of sp³-hybridized carbons (Fsp3) is 0.105. The second-order valence-corrected chi connectivity index (χ2v) is 9.97. The maximum absolute atomic E-state index is 12.9. The fourth-order valence-electron chi connectivity index (χ4n) is 4.44. The molecular weight excluding hydrogens is 552 g/mol. The Kier molecular flexibility index (Phi) is 10.2. The Labute approximate surface area is 257 Å². The van der Waals surface area contributed by atoms with Gasteiger partial charge in [-0.2, -0.15) is 0 Å². The molecular formula is C38H32O6. The van der Waals surface area contributed by atoms with Crippen molar-refractivity contribution in [1.82, 2.24) is 0 Å². The molecule has 220 valence electrons. The molecule has 5 aromatic carbocycles. The van der Waals surface area contributed by atoms with Crippen LogP contribution in [0, 0.1) is 0 Å². The van der Waals surface area contributed by atoms with Crippen LogP contribution in [0.5, 0.6) is 23.0 Å². The lowest BCUT2D eigenvalue weighted by atomic mass is 10.1. The standard InChI is InChI=1S/C38H32O6/c1-28(39)38-34(42-26-31-14-7-3-8-15-31)18-11-19-35(38)44-37(40)23-21-29-20-22-33(41-25-30-12-5-2-6-13-30)36(24-29)43-27-32-16-9-4-10-17-32/h2-24H,25-27H2,1H3/b23-21+. The van der Waals surface area contributed by atoms with Crippen LogP contribution >= 0.6 is 0 Å². The van der Waals surface area contributed by atoms with Gasteiger partial charge in [0, 0.05) is 6.08 Å². The van der Waals surface area contributed by atoms with Gasteiger partial charge in [-0.1, -0.05) is 103 Å². The van der Waals surface area contributed by atoms with Crippen molar-refractivity contribution in [3.63, 3.8) is 0 Å². The highest BCUT2D eigenvalue weighted by Gasteiger charge is 2.17. The van der Waals surface area contributed by atoms with Crippen LogP contribution < -0.4 is 18.9 Å². The van der Waals surface area contributed by atoms with Gasteiger partial charge in [-0.3, -0.25) is 4.79 Å². The van der Waals surface area contributed by atoms with E-state index in [1.54, 1.807) is 24.3 Å². The Morgan fingerprint density at radius 3 is 1.59 bits per heavy atom. The number of hydrogen-bond donors (Lipinski definition) is 0. The highest BCUT2D eigenvalue weighted by atomic mass is 16.5. The summed E-state index contributed by atoms with van der Waals surface area (Å²) in [5, 5.41) is 0. The molecule has 0 heterocycles. The number of Topliss-reactive ketones (excluding diaryl/α,β-unsaturated/α-hetero) is 1. The SMILES string of the molecule is CC(=O)c1c(OCc2ccccc2)cccc1OC(=O)/C=C/c1ccc(OCc2ccccc2)c(OCc2ccccc2)c1. The zero-order valence-electron chi connectivity index (χ0n) is 24.3. The largest absolute Gasteiger partial charge is 0.488 e. The Hall–Kier alpha value is -5.62. The van der Waals surface area contributed by atoms with Crippen LogP contribution in [0.15, 0.2) is 133 Å². The number of ketones is 1. The monoisotopic (exact) mass is 584 g/mol. The Morgan fingerprint density at radius 1 is 0.545 bits per heavy atom. The molecule has 6 heteroatoms. The van der Waals surface area contributed by atoms with E-state index in [2.05, 4.69) is 0 Å². The molecule has 0 amide bonds. The number of hydrogen-bond acceptors (Lipinski definition) is 6. The van der Waals surface area contributed by atoms with Crippen molar-refractivity contribution in [2.45, 2.75) is 26.7 Å². The fourth-order valence-corrected chi connectivity index (χ4v) is 4.44. The number of carbonyl (C=O) groups is 2. The zero-order valence-corrected chi connectivity index (χ0v) is 24.3. The summed E-state index contributed by atoms with van der Waals surface area (Å²) in [6.45, 7) is 2.43. The molecule has 0 aliphatic heterocycles. The smallest absolute Gasteiger partial charge is 0.336 e. The first-order valence-electron chi connectivity index (χ1n) is 14.2. The lowest BCUT2D eigenvalue weighted by molar-refractivity contribution is -0.128. The van der Waals surface area contributed by atoms with Crippen molar-refractivity contribution in [3.05, 3.63) is 161 Å². The lowest BCUT2D eigenvalue weighted by Crippen LogP contribution is -2.09. The topological polar surface area (TPSA) is 71.1 Å². The second kappa shape index (κ2) is 15.0. The molecule has 0 saturated carbocycles. The van der Waals surface area contributed by atoms with Gasteiger partial charge in [0.15, 0.2) is 17.3 Å². The molecule has 5 rings (SSSR count). The minimum absolute atomic E-state index is 0.134. The molecule has 44 heavy (non-hydrogen) atoms. The van der Waals surface area contributed by atoms with Crippen molar-refractivity contribution < 1.29 is 28.5 Å². The molecule has 0 atom stereocenters. The molecule has 6 nitrogen and oxygen atoms in total. The summed E-state index contributed by atoms with van der Waals surface area (Å²) in [5.41, 5.74) is 3.93. The normalized spacial score (nSPS) is 10.8. The van der Waals surface area contributed by atoms with Crippen LogP contribution in [0.4, 0.5) is 0 Å². The van der Waals surface area contributed by atoms with Gasteiger partial charge in [0.1, 0.15) is 36.9 Å². The van der Waals surface area contributed by atoms with Crippen LogP contribution in [0.3, 0.4) is 0 Å². The van der Waals surface area contributed by atoms with Gasteiger partial charge >= 0.3 is 5.97 Å². The third-order valence-electron chi connectivity index (χ3n) is 6.64. The minimum Gasteiger partial charge on any atom is -0.488 e. The van der Waals surface area contributed by atoms with Gasteiger partial charge in [-0.05, 0) is 59.5 Å². The molecule has 0 unspecified atom stereocenters. The maximum atomic E-state index is 12.9. The first-order chi connectivity index (χ1) is 21.5. The summed E-state index contributed by atoms with van der Waals surface area (Å²) in [4.78, 5) is 25.4. The van der Waals surface area contributed by atoms with Crippen molar-refractivity contribution >= 4 is 17.8 Å². The lowest BCUT2D eigenvalue weighted by Gasteiger charge is -2.14. The average molecular weight is 585 g/mol. The van der Waals surface area contributed by atoms with E-state index in [0.717, 1.165) is 16.7 Å². The predicted octanol–water partition coefficient (Wildman–Crippen LogP) is 8.25. The highest BCUT2D eigenvalue weighted by molar-refractivity contribution is 6.01. The number of benzene rings is 5. The molecule has 0 spiro atoms. The summed E-state index contributed by atoms with van der Waals surface area (Å²) in [6.07, 6.45) is 2.93. The molecule has 0 fully saturated rings. The summed E-state index contributed by atoms with van der Waals surface area (Å²) in [6, 6.07) is 39.7. The van der Waals surface area contributed by atoms with Gasteiger partial charge in [-0.15, -0.1) is 0 Å². The van der Waals surface area contributed by atoms with Crippen LogP contribution in [0.1, 0.15) is 39.5 Å². The molecule has 0 radical (unpaired) electrons. The van der Waals surface area contributed by atoms with Crippen molar-refractivity contribution in [2.24, 2.45) is 0 Å². The van der Waals surface area contributed by atoms with Crippen LogP contribution in [0.25, 0.3) is 6.08 Å². The van der Waals surface area contributed by atoms with Crippen LogP contribution in [-0.2, 0) is 24.6 Å². The Morgan fingerprint density at radius 2 is 1.05 bits per heavy atom. The third-order valence-corrected chi connectivity index (χ3v) is 6.64. The Bertz CT molecular complexity index is 1710. The molecule has 5 aromatic rings. The maximum Gasteiger partial charge on any atom is 0.336 e. The van der Waals surface area contributed by atoms with E-state index in [1.807, 2.05) is 109 Å². The van der Waals surface area contributed by atoms with E-state index in [-0.39, 0.29) is 23.7 Å². The van der Waals surface area contributed by atoms with E-state index in [1.165, 1.54) is 13.0 Å². The number of rotatable bonds is 13. The van der Waals surface area contributed by atoms with Crippen LogP contribution in [-0.4, -0.2) is 11.8 Å². The number of esters is 1. The minimum atomic E-state index is -0.635. The van der Waals surface area contributed by atoms with E-state index < -0.39 is 5.97 Å². The summed E-state index contributed by atoms with van der Waals surface area (Å²) >= 11 is 0. The zero-order chi connectivity index (χ0) is 30.6. The molecule has 0 aliphatic rings. The van der Waals surface area contributed by atoms with E-state index in [4.69, 9.17) is 18.9 Å². The quantitative estimate of drug-likeness (QED) is 0.0601. The molecule has 0 aromatic heterocycles. The molecule has 0 bridgehead atoms. The first kappa shape index (κ1) is 29.9. The van der Waals surface area contributed by atoms with Gasteiger partial charge in [0.25, 0.3) is 0 Å². The van der Waals surface area contributed by atoms with Crippen molar-refractivity contribution in [2.75, 3.05) is 0 Å². The summed E-state index contributed by atoms with van der Waals surface area (Å²) in [7, 11) is 0. The predicted molar refractivity (Wildman–Crippen MR) is 170 cm³/mol. The van der Waals surface area contributed by atoms with Gasteiger partial charge < -0.3 is 18.9 Å². The molecule has 0 aliphatic carbocycles. The molecule has 0 saturated heterocycles. The third kappa shape index (κ3) is 8.46. The van der Waals surface area contributed by atoms with E-state index >= 15 is 0 Å². The van der Waals surface area contributed by atoms with Crippen molar-refractivity contribution in [3.8, 4) is 23.0 Å². The first-order valence-corrected chi connectivity index (χ1v) is 14.2. The second-order valence-electron chi connectivity index (χ2n) is 9.97. The highest BCUT2D eigenvalue weighted by Crippen LogP contribution is 2.32.